The van der Waals surface area contributed by atoms with E-state index in [9.17, 15) is 12.8 Å². The minimum Gasteiger partial charge on any atom is -0.424 e. The number of hydrogen-bond donors (Lipinski definition) is 0. The summed E-state index contributed by atoms with van der Waals surface area (Å²) in [6.07, 6.45) is 2.00. The molecule has 8 heteroatoms. The summed E-state index contributed by atoms with van der Waals surface area (Å²) in [7, 11) is -3.52. The van der Waals surface area contributed by atoms with Crippen LogP contribution in [0.3, 0.4) is 0 Å². The molecule has 5 nitrogen and oxygen atoms in total. The summed E-state index contributed by atoms with van der Waals surface area (Å²) in [4.78, 5) is 0. The molecule has 21 heavy (non-hydrogen) atoms. The summed E-state index contributed by atoms with van der Waals surface area (Å²) in [6.45, 7) is 0. The van der Waals surface area contributed by atoms with Gasteiger partial charge in [0.05, 0.1) is 5.75 Å². The van der Waals surface area contributed by atoms with Crippen molar-refractivity contribution in [3.8, 4) is 0 Å². The van der Waals surface area contributed by atoms with Gasteiger partial charge in [0, 0.05) is 10.9 Å². The number of sulfone groups is 1. The molecule has 0 bridgehead atoms. The van der Waals surface area contributed by atoms with Crippen LogP contribution in [0.1, 0.15) is 36.1 Å². The Morgan fingerprint density at radius 2 is 2.05 bits per heavy atom. The molecule has 1 heterocycles. The van der Waals surface area contributed by atoms with Crippen LogP contribution in [0.2, 0.25) is 5.02 Å². The molecule has 1 aliphatic rings. The first-order chi connectivity index (χ1) is 9.93. The Labute approximate surface area is 126 Å². The molecule has 0 radical (unpaired) electrons. The van der Waals surface area contributed by atoms with Crippen molar-refractivity contribution in [3.63, 3.8) is 0 Å². The smallest absolute Gasteiger partial charge is 0.231 e. The van der Waals surface area contributed by atoms with E-state index in [4.69, 9.17) is 16.0 Å². The molecule has 1 aromatic carbocycles. The maximum atomic E-state index is 12.9. The van der Waals surface area contributed by atoms with E-state index < -0.39 is 15.7 Å². The van der Waals surface area contributed by atoms with Crippen LogP contribution in [0.15, 0.2) is 22.6 Å². The topological polar surface area (TPSA) is 73.1 Å². The Bertz CT molecular complexity index is 771. The Hall–Kier alpha value is -1.47. The van der Waals surface area contributed by atoms with Gasteiger partial charge >= 0.3 is 0 Å². The molecular weight excluding hydrogens is 319 g/mol. The first-order valence-electron chi connectivity index (χ1n) is 6.39. The molecule has 1 fully saturated rings. The van der Waals surface area contributed by atoms with Crippen molar-refractivity contribution in [2.24, 2.45) is 0 Å². The van der Waals surface area contributed by atoms with Gasteiger partial charge in [0.2, 0.25) is 11.8 Å². The highest BCUT2D eigenvalue weighted by Crippen LogP contribution is 2.39. The Kier molecular flexibility index (Phi) is 3.71. The highest BCUT2D eigenvalue weighted by Gasteiger charge is 2.30. The molecule has 1 saturated carbocycles. The van der Waals surface area contributed by atoms with Crippen LogP contribution >= 0.6 is 11.6 Å². The largest absolute Gasteiger partial charge is 0.424 e. The SMILES string of the molecule is O=S(=O)(Cc1nnc(C2CC2)o1)Cc1ccc(F)cc1Cl. The van der Waals surface area contributed by atoms with E-state index in [-0.39, 0.29) is 28.3 Å². The molecule has 3 rings (SSSR count). The van der Waals surface area contributed by atoms with Crippen LogP contribution < -0.4 is 0 Å². The van der Waals surface area contributed by atoms with E-state index in [1.165, 1.54) is 12.1 Å². The van der Waals surface area contributed by atoms with Crippen LogP contribution in [0.5, 0.6) is 0 Å². The standard InChI is InChI=1S/C13H12ClFN2O3S/c14-11-5-10(15)4-3-9(11)6-21(18,19)7-12-16-17-13(20-12)8-1-2-8/h3-5,8H,1-2,6-7H2. The molecule has 0 N–H and O–H groups in total. The molecule has 0 spiro atoms. The predicted molar refractivity (Wildman–Crippen MR) is 74.0 cm³/mol. The second-order valence-corrected chi connectivity index (χ2v) is 7.55. The van der Waals surface area contributed by atoms with Gasteiger partial charge in [-0.3, -0.25) is 0 Å². The zero-order valence-electron chi connectivity index (χ0n) is 10.9. The fraction of sp³-hybridized carbons (Fsp3) is 0.385. The highest BCUT2D eigenvalue weighted by atomic mass is 35.5. The summed E-state index contributed by atoms with van der Waals surface area (Å²) in [5.74, 6) is -0.295. The molecule has 0 unspecified atom stereocenters. The third-order valence-electron chi connectivity index (χ3n) is 3.14. The summed E-state index contributed by atoms with van der Waals surface area (Å²) < 4.78 is 42.5. The summed E-state index contributed by atoms with van der Waals surface area (Å²) in [5, 5.41) is 7.68. The van der Waals surface area contributed by atoms with Gasteiger partial charge in [-0.25, -0.2) is 12.8 Å². The lowest BCUT2D eigenvalue weighted by Crippen LogP contribution is -2.08. The Morgan fingerprint density at radius 3 is 2.71 bits per heavy atom. The van der Waals surface area contributed by atoms with E-state index in [0.717, 1.165) is 18.9 Å². The maximum absolute atomic E-state index is 12.9. The number of nitrogens with zero attached hydrogens (tertiary/aromatic N) is 2. The lowest BCUT2D eigenvalue weighted by molar-refractivity contribution is 0.462. The predicted octanol–water partition coefficient (Wildman–Crippen LogP) is 2.85. The van der Waals surface area contributed by atoms with Crippen LogP contribution in [0, 0.1) is 5.82 Å². The van der Waals surface area contributed by atoms with Crippen LogP contribution in [0.4, 0.5) is 4.39 Å². The number of rotatable bonds is 5. The molecule has 112 valence electrons. The van der Waals surface area contributed by atoms with Gasteiger partial charge in [0.25, 0.3) is 0 Å². The van der Waals surface area contributed by atoms with Crippen LogP contribution in [-0.2, 0) is 21.3 Å². The number of halogens is 2. The molecule has 1 aliphatic carbocycles. The lowest BCUT2D eigenvalue weighted by Gasteiger charge is -2.04. The molecule has 0 atom stereocenters. The van der Waals surface area contributed by atoms with E-state index in [1.807, 2.05) is 0 Å². The van der Waals surface area contributed by atoms with Crippen molar-refractivity contribution >= 4 is 21.4 Å². The summed E-state index contributed by atoms with van der Waals surface area (Å²) in [6, 6.07) is 3.62. The Morgan fingerprint density at radius 1 is 1.29 bits per heavy atom. The number of benzene rings is 1. The van der Waals surface area contributed by atoms with Crippen LogP contribution in [0.25, 0.3) is 0 Å². The van der Waals surface area contributed by atoms with Gasteiger partial charge in [-0.1, -0.05) is 17.7 Å². The van der Waals surface area contributed by atoms with E-state index in [2.05, 4.69) is 10.2 Å². The van der Waals surface area contributed by atoms with Gasteiger partial charge in [-0.15, -0.1) is 10.2 Å². The van der Waals surface area contributed by atoms with Crippen molar-refractivity contribution in [2.45, 2.75) is 30.3 Å². The fourth-order valence-electron chi connectivity index (χ4n) is 1.93. The second kappa shape index (κ2) is 5.38. The molecular formula is C13H12ClFN2O3S. The van der Waals surface area contributed by atoms with E-state index in [1.54, 1.807) is 0 Å². The van der Waals surface area contributed by atoms with Gasteiger partial charge in [0.15, 0.2) is 9.84 Å². The zero-order valence-corrected chi connectivity index (χ0v) is 12.5. The quantitative estimate of drug-likeness (QED) is 0.842. The van der Waals surface area contributed by atoms with Gasteiger partial charge < -0.3 is 4.42 Å². The average molecular weight is 331 g/mol. The molecule has 2 aromatic rings. The molecule has 1 aromatic heterocycles. The second-order valence-electron chi connectivity index (χ2n) is 5.08. The fourth-order valence-corrected chi connectivity index (χ4v) is 3.57. The van der Waals surface area contributed by atoms with Crippen molar-refractivity contribution in [1.82, 2.24) is 10.2 Å². The average Bonchev–Trinajstić information content (AvgIpc) is 3.14. The third-order valence-corrected chi connectivity index (χ3v) is 4.93. The normalized spacial score (nSPS) is 15.3. The molecule has 0 saturated heterocycles. The van der Waals surface area contributed by atoms with Crippen molar-refractivity contribution in [3.05, 3.63) is 46.4 Å². The first kappa shape index (κ1) is 14.5. The van der Waals surface area contributed by atoms with E-state index in [0.29, 0.717) is 11.5 Å². The van der Waals surface area contributed by atoms with Gasteiger partial charge in [-0.2, -0.15) is 0 Å². The highest BCUT2D eigenvalue weighted by molar-refractivity contribution is 7.89. The number of aromatic nitrogens is 2. The third kappa shape index (κ3) is 3.59. The minimum absolute atomic E-state index is 0.0788. The maximum Gasteiger partial charge on any atom is 0.231 e. The monoisotopic (exact) mass is 330 g/mol. The minimum atomic E-state index is -3.52. The zero-order chi connectivity index (χ0) is 15.0. The van der Waals surface area contributed by atoms with Crippen molar-refractivity contribution in [2.75, 3.05) is 0 Å². The van der Waals surface area contributed by atoms with Crippen molar-refractivity contribution in [1.29, 1.82) is 0 Å². The summed E-state index contributed by atoms with van der Waals surface area (Å²) >= 11 is 5.84. The Balaban J connectivity index is 1.73. The number of hydrogen-bond acceptors (Lipinski definition) is 5. The first-order valence-corrected chi connectivity index (χ1v) is 8.59. The van der Waals surface area contributed by atoms with Crippen LogP contribution in [-0.4, -0.2) is 18.6 Å². The molecule has 0 aliphatic heterocycles. The van der Waals surface area contributed by atoms with Crippen molar-refractivity contribution < 1.29 is 17.2 Å². The summed E-state index contributed by atoms with van der Waals surface area (Å²) in [5.41, 5.74) is 0.347. The van der Waals surface area contributed by atoms with E-state index >= 15 is 0 Å². The van der Waals surface area contributed by atoms with Gasteiger partial charge in [0.1, 0.15) is 11.6 Å². The molecule has 0 amide bonds. The van der Waals surface area contributed by atoms with Gasteiger partial charge in [-0.05, 0) is 30.5 Å². The lowest BCUT2D eigenvalue weighted by atomic mass is 10.2.